The molecule has 0 fully saturated rings. The van der Waals surface area contributed by atoms with E-state index in [-0.39, 0.29) is 25.6 Å². The molecule has 0 aliphatic rings. The highest BCUT2D eigenvalue weighted by Gasteiger charge is 2.15. The number of hydrogen-bond acceptors (Lipinski definition) is 5. The van der Waals surface area contributed by atoms with Crippen molar-refractivity contribution in [1.82, 2.24) is 0 Å². The molecule has 0 heterocycles. The van der Waals surface area contributed by atoms with Crippen LogP contribution in [0.25, 0.3) is 0 Å². The van der Waals surface area contributed by atoms with Gasteiger partial charge in [-0.2, -0.15) is 0 Å². The van der Waals surface area contributed by atoms with Crippen LogP contribution in [-0.2, 0) is 19.1 Å². The summed E-state index contributed by atoms with van der Waals surface area (Å²) in [5, 5.41) is 9.52. The van der Waals surface area contributed by atoms with Gasteiger partial charge < -0.3 is 14.6 Å². The number of carbonyl (C=O) groups excluding carboxylic acids is 2. The van der Waals surface area contributed by atoms with Crippen LogP contribution in [0.3, 0.4) is 0 Å². The summed E-state index contributed by atoms with van der Waals surface area (Å²) in [6.07, 6.45) is 48.2. The Morgan fingerprint density at radius 1 is 0.522 bits per heavy atom. The van der Waals surface area contributed by atoms with Crippen LogP contribution in [0, 0.1) is 0 Å². The second kappa shape index (κ2) is 36.8. The maximum atomic E-state index is 12.1. The Kier molecular flexibility index (Phi) is 34.7. The topological polar surface area (TPSA) is 72.8 Å². The number of rotatable bonds is 32. The molecule has 0 saturated heterocycles. The van der Waals surface area contributed by atoms with Crippen molar-refractivity contribution >= 4 is 11.9 Å². The first-order valence-corrected chi connectivity index (χ1v) is 18.5. The van der Waals surface area contributed by atoms with Gasteiger partial charge >= 0.3 is 11.9 Å². The van der Waals surface area contributed by atoms with Crippen LogP contribution < -0.4 is 0 Å². The van der Waals surface area contributed by atoms with Gasteiger partial charge in [0.2, 0.25) is 0 Å². The molecule has 5 heteroatoms. The third-order valence-electron chi connectivity index (χ3n) is 7.53. The molecular weight excluding hydrogens is 572 g/mol. The van der Waals surface area contributed by atoms with Gasteiger partial charge in [-0.15, -0.1) is 0 Å². The number of aliphatic hydroxyl groups is 1. The molecule has 262 valence electrons. The average molecular weight is 641 g/mol. The summed E-state index contributed by atoms with van der Waals surface area (Å²) in [6.45, 7) is 3.94. The quantitative estimate of drug-likeness (QED) is 0.0450. The number of esters is 2. The lowest BCUT2D eigenvalue weighted by molar-refractivity contribution is -0.161. The summed E-state index contributed by atoms with van der Waals surface area (Å²) in [4.78, 5) is 24.2. The molecule has 0 aromatic carbocycles. The van der Waals surface area contributed by atoms with E-state index in [0.717, 1.165) is 57.8 Å². The maximum absolute atomic E-state index is 12.1. The number of hydrogen-bond donors (Lipinski definition) is 1. The van der Waals surface area contributed by atoms with Crippen LogP contribution >= 0.6 is 0 Å². The van der Waals surface area contributed by atoms with Crippen molar-refractivity contribution < 1.29 is 24.2 Å². The first-order valence-electron chi connectivity index (χ1n) is 18.5. The van der Waals surface area contributed by atoms with Crippen LogP contribution in [0.2, 0.25) is 0 Å². The molecule has 1 N–H and O–H groups in total. The molecule has 0 amide bonds. The molecule has 0 aliphatic heterocycles. The van der Waals surface area contributed by atoms with Crippen molar-refractivity contribution in [2.24, 2.45) is 0 Å². The second-order valence-corrected chi connectivity index (χ2v) is 11.9. The minimum atomic E-state index is -0.812. The highest BCUT2D eigenvalue weighted by Crippen LogP contribution is 2.13. The first kappa shape index (κ1) is 43.3. The smallest absolute Gasteiger partial charge is 0.306 e. The van der Waals surface area contributed by atoms with E-state index >= 15 is 0 Å². The van der Waals surface area contributed by atoms with E-state index in [2.05, 4.69) is 74.6 Å². The third-order valence-corrected chi connectivity index (χ3v) is 7.53. The summed E-state index contributed by atoms with van der Waals surface area (Å²) in [6, 6.07) is 0. The summed E-state index contributed by atoms with van der Waals surface area (Å²) in [5.74, 6) is -0.693. The van der Waals surface area contributed by atoms with Gasteiger partial charge in [0.05, 0.1) is 6.61 Å². The third kappa shape index (κ3) is 34.2. The second-order valence-electron chi connectivity index (χ2n) is 11.9. The largest absolute Gasteiger partial charge is 0.462 e. The maximum Gasteiger partial charge on any atom is 0.306 e. The monoisotopic (exact) mass is 641 g/mol. The van der Waals surface area contributed by atoms with E-state index in [0.29, 0.717) is 12.8 Å². The Morgan fingerprint density at radius 3 is 1.37 bits per heavy atom. The minimum Gasteiger partial charge on any atom is -0.462 e. The van der Waals surface area contributed by atoms with Crippen molar-refractivity contribution in [1.29, 1.82) is 0 Å². The summed E-state index contributed by atoms with van der Waals surface area (Å²) >= 11 is 0. The van der Waals surface area contributed by atoms with Gasteiger partial charge in [-0.1, -0.05) is 164 Å². The van der Waals surface area contributed by atoms with Crippen molar-refractivity contribution in [3.05, 3.63) is 72.9 Å². The normalized spacial score (nSPS) is 13.0. The van der Waals surface area contributed by atoms with E-state index in [9.17, 15) is 14.7 Å². The van der Waals surface area contributed by atoms with Gasteiger partial charge in [-0.25, -0.2) is 0 Å². The Morgan fingerprint density at radius 2 is 0.935 bits per heavy atom. The fourth-order valence-corrected chi connectivity index (χ4v) is 4.75. The standard InChI is InChI=1S/C41H68O5/c1-3-5-7-9-11-13-15-17-18-19-20-21-22-24-26-28-30-32-34-36-41(44)46-39(37-42)38-45-40(43)35-33-31-29-27-25-23-16-14-12-10-8-6-4-2/h5,7,11,13,17-18,20-21,24,26,30,32,39,42H,3-4,6,8-10,12,14-16,19,22-23,25,27-29,31,33-38H2,1-2H3/b7-5-,13-11+,18-17+,21-20+,26-24+,32-30+/t39-/m0/s1. The molecule has 1 atom stereocenters. The molecule has 46 heavy (non-hydrogen) atoms. The van der Waals surface area contributed by atoms with Crippen molar-refractivity contribution in [2.75, 3.05) is 13.2 Å². The number of ether oxygens (including phenoxy) is 2. The number of carbonyl (C=O) groups is 2. The molecule has 0 bridgehead atoms. The molecular formula is C41H68O5. The Bertz CT molecular complexity index is 864. The van der Waals surface area contributed by atoms with Crippen LogP contribution in [0.5, 0.6) is 0 Å². The average Bonchev–Trinajstić information content (AvgIpc) is 3.06. The van der Waals surface area contributed by atoms with Gasteiger partial charge in [0, 0.05) is 12.8 Å². The summed E-state index contributed by atoms with van der Waals surface area (Å²) in [5.41, 5.74) is 0. The lowest BCUT2D eigenvalue weighted by Crippen LogP contribution is -2.28. The van der Waals surface area contributed by atoms with Gasteiger partial charge in [0.15, 0.2) is 6.10 Å². The zero-order valence-electron chi connectivity index (χ0n) is 29.6. The van der Waals surface area contributed by atoms with Crippen LogP contribution in [0.15, 0.2) is 72.9 Å². The van der Waals surface area contributed by atoms with Crippen molar-refractivity contribution in [3.8, 4) is 0 Å². The Balaban J connectivity index is 3.73. The lowest BCUT2D eigenvalue weighted by Gasteiger charge is -2.15. The molecule has 0 aromatic heterocycles. The van der Waals surface area contributed by atoms with Gasteiger partial charge in [0.25, 0.3) is 0 Å². The highest BCUT2D eigenvalue weighted by atomic mass is 16.6. The van der Waals surface area contributed by atoms with Gasteiger partial charge in [-0.05, 0) is 51.4 Å². The predicted octanol–water partition coefficient (Wildman–Crippen LogP) is 11.4. The molecule has 0 aromatic rings. The summed E-state index contributed by atoms with van der Waals surface area (Å²) < 4.78 is 10.5. The highest BCUT2D eigenvalue weighted by molar-refractivity contribution is 5.70. The van der Waals surface area contributed by atoms with Gasteiger partial charge in [0.1, 0.15) is 6.61 Å². The molecule has 5 nitrogen and oxygen atoms in total. The van der Waals surface area contributed by atoms with E-state index < -0.39 is 12.1 Å². The molecule has 0 saturated carbocycles. The molecule has 0 radical (unpaired) electrons. The SMILES string of the molecule is CC/C=C\C/C=C/C/C=C/C/C=C/C/C=C/C/C=C/CCC(=O)O[C@@H](CO)COC(=O)CCCCCCCCCCCCCCC. The van der Waals surface area contributed by atoms with E-state index in [1.54, 1.807) is 0 Å². The van der Waals surface area contributed by atoms with E-state index in [1.807, 2.05) is 12.2 Å². The predicted molar refractivity (Wildman–Crippen MR) is 196 cm³/mol. The zero-order valence-corrected chi connectivity index (χ0v) is 29.6. The fraction of sp³-hybridized carbons (Fsp3) is 0.659. The lowest BCUT2D eigenvalue weighted by atomic mass is 10.0. The van der Waals surface area contributed by atoms with Crippen LogP contribution in [-0.4, -0.2) is 36.4 Å². The Hall–Kier alpha value is -2.66. The number of allylic oxidation sites excluding steroid dienone is 12. The van der Waals surface area contributed by atoms with Crippen LogP contribution in [0.4, 0.5) is 0 Å². The minimum absolute atomic E-state index is 0.0978. The molecule has 0 rings (SSSR count). The zero-order chi connectivity index (χ0) is 33.6. The first-order chi connectivity index (χ1) is 22.6. The van der Waals surface area contributed by atoms with Crippen LogP contribution in [0.1, 0.15) is 155 Å². The Labute approximate surface area is 283 Å². The fourth-order valence-electron chi connectivity index (χ4n) is 4.75. The summed E-state index contributed by atoms with van der Waals surface area (Å²) in [7, 11) is 0. The van der Waals surface area contributed by atoms with E-state index in [1.165, 1.54) is 64.2 Å². The van der Waals surface area contributed by atoms with Crippen molar-refractivity contribution in [3.63, 3.8) is 0 Å². The van der Waals surface area contributed by atoms with E-state index in [4.69, 9.17) is 9.47 Å². The number of aliphatic hydroxyl groups excluding tert-OH is 1. The van der Waals surface area contributed by atoms with Crippen molar-refractivity contribution in [2.45, 2.75) is 161 Å². The number of unbranched alkanes of at least 4 members (excludes halogenated alkanes) is 12. The van der Waals surface area contributed by atoms with Gasteiger partial charge in [-0.3, -0.25) is 9.59 Å². The molecule has 0 spiro atoms. The molecule has 0 aliphatic carbocycles. The molecule has 0 unspecified atom stereocenters.